The lowest BCUT2D eigenvalue weighted by atomic mass is 10.1. The Bertz CT molecular complexity index is 599. The molecule has 0 unspecified atom stereocenters. The topological polar surface area (TPSA) is 66.6 Å². The molecule has 0 aliphatic carbocycles. The number of rotatable bonds is 6. The van der Waals surface area contributed by atoms with Crippen LogP contribution in [0.15, 0.2) is 24.3 Å². The molecule has 7 heteroatoms. The zero-order chi connectivity index (χ0) is 18.2. The monoisotopic (exact) mass is 367 g/mol. The van der Waals surface area contributed by atoms with Crippen LogP contribution in [0.4, 0.5) is 4.39 Å². The first-order valence-electron chi connectivity index (χ1n) is 8.57. The number of nitrogens with two attached hydrogens (primary N) is 1. The van der Waals surface area contributed by atoms with Crippen molar-refractivity contribution < 1.29 is 14.0 Å². The minimum absolute atomic E-state index is 0.0338. The first-order valence-corrected chi connectivity index (χ1v) is 9.96. The van der Waals surface area contributed by atoms with Crippen molar-refractivity contribution in [3.8, 4) is 0 Å². The number of halogens is 1. The van der Waals surface area contributed by atoms with E-state index < -0.39 is 6.04 Å². The molecule has 25 heavy (non-hydrogen) atoms. The number of carbonyl (C=O) groups is 2. The van der Waals surface area contributed by atoms with Crippen molar-refractivity contribution >= 4 is 23.6 Å². The highest BCUT2D eigenvalue weighted by Crippen LogP contribution is 2.11. The van der Waals surface area contributed by atoms with Crippen LogP contribution in [0, 0.1) is 5.82 Å². The molecule has 0 saturated carbocycles. The largest absolute Gasteiger partial charge is 0.341 e. The maximum absolute atomic E-state index is 13.2. The third kappa shape index (κ3) is 6.01. The highest BCUT2D eigenvalue weighted by Gasteiger charge is 2.25. The van der Waals surface area contributed by atoms with Gasteiger partial charge in [0, 0.05) is 26.2 Å². The van der Waals surface area contributed by atoms with Crippen LogP contribution in [-0.4, -0.2) is 65.8 Å². The molecule has 2 rings (SSSR count). The zero-order valence-electron chi connectivity index (χ0n) is 14.6. The van der Waals surface area contributed by atoms with Gasteiger partial charge in [-0.05, 0) is 42.5 Å². The fourth-order valence-corrected chi connectivity index (χ4v) is 3.41. The van der Waals surface area contributed by atoms with Crippen molar-refractivity contribution in [1.29, 1.82) is 0 Å². The van der Waals surface area contributed by atoms with Crippen molar-refractivity contribution in [2.75, 3.05) is 38.2 Å². The van der Waals surface area contributed by atoms with Gasteiger partial charge in [0.15, 0.2) is 0 Å². The second-order valence-electron chi connectivity index (χ2n) is 6.25. The van der Waals surface area contributed by atoms with Gasteiger partial charge in [-0.15, -0.1) is 0 Å². The smallest absolute Gasteiger partial charge is 0.239 e. The number of benzene rings is 1. The quantitative estimate of drug-likeness (QED) is 0.828. The molecule has 1 aliphatic heterocycles. The van der Waals surface area contributed by atoms with E-state index in [1.807, 2.05) is 6.26 Å². The highest BCUT2D eigenvalue weighted by molar-refractivity contribution is 7.98. The number of carbonyl (C=O) groups excluding carboxylic acids is 2. The van der Waals surface area contributed by atoms with Crippen LogP contribution in [0.1, 0.15) is 18.4 Å². The average Bonchev–Trinajstić information content (AvgIpc) is 2.85. The summed E-state index contributed by atoms with van der Waals surface area (Å²) in [4.78, 5) is 28.4. The number of hydrogen-bond donors (Lipinski definition) is 1. The van der Waals surface area contributed by atoms with Crippen LogP contribution in [0.3, 0.4) is 0 Å². The molecule has 1 atom stereocenters. The molecule has 1 heterocycles. The molecule has 0 spiro atoms. The van der Waals surface area contributed by atoms with Crippen LogP contribution >= 0.6 is 11.8 Å². The second-order valence-corrected chi connectivity index (χ2v) is 7.24. The summed E-state index contributed by atoms with van der Waals surface area (Å²) in [5, 5.41) is 0. The molecule has 1 aromatic carbocycles. The molecule has 1 fully saturated rings. The molecule has 2 N–H and O–H groups in total. The summed E-state index contributed by atoms with van der Waals surface area (Å²) in [6.45, 7) is 2.23. The molecule has 138 valence electrons. The fourth-order valence-electron chi connectivity index (χ4n) is 2.92. The summed E-state index contributed by atoms with van der Waals surface area (Å²) in [6, 6.07) is 5.64. The van der Waals surface area contributed by atoms with Gasteiger partial charge >= 0.3 is 0 Å². The predicted octanol–water partition coefficient (Wildman–Crippen LogP) is 1.51. The van der Waals surface area contributed by atoms with Crippen LogP contribution in [-0.2, 0) is 16.0 Å². The standard InChI is InChI=1S/C18H26FN3O2S/c1-25-11-6-16(20)18(24)22-8-3-7-21(9-10-22)17(23)13-14-4-2-5-15(19)12-14/h2,4-5,12,16H,3,6-11,13,20H2,1H3/t16-/m0/s1. The van der Waals surface area contributed by atoms with Gasteiger partial charge in [0.1, 0.15) is 5.82 Å². The summed E-state index contributed by atoms with van der Waals surface area (Å²) >= 11 is 1.67. The van der Waals surface area contributed by atoms with Gasteiger partial charge in [0.2, 0.25) is 11.8 Å². The minimum Gasteiger partial charge on any atom is -0.341 e. The molecular formula is C18H26FN3O2S. The van der Waals surface area contributed by atoms with Gasteiger partial charge in [-0.3, -0.25) is 9.59 Å². The molecule has 1 aromatic rings. The fraction of sp³-hybridized carbons (Fsp3) is 0.556. The summed E-state index contributed by atoms with van der Waals surface area (Å²) in [7, 11) is 0. The van der Waals surface area contributed by atoms with Crippen molar-refractivity contribution in [2.45, 2.75) is 25.3 Å². The Morgan fingerprint density at radius 3 is 2.68 bits per heavy atom. The van der Waals surface area contributed by atoms with Crippen molar-refractivity contribution in [2.24, 2.45) is 5.73 Å². The third-order valence-electron chi connectivity index (χ3n) is 4.35. The lowest BCUT2D eigenvalue weighted by Gasteiger charge is -2.24. The van der Waals surface area contributed by atoms with Gasteiger partial charge in [-0.1, -0.05) is 12.1 Å². The third-order valence-corrected chi connectivity index (χ3v) is 5.00. The van der Waals surface area contributed by atoms with Gasteiger partial charge in [-0.25, -0.2) is 4.39 Å². The summed E-state index contributed by atoms with van der Waals surface area (Å²) in [6.07, 6.45) is 3.57. The lowest BCUT2D eigenvalue weighted by Crippen LogP contribution is -2.45. The number of nitrogens with zero attached hydrogens (tertiary/aromatic N) is 2. The number of thioether (sulfide) groups is 1. The van der Waals surface area contributed by atoms with E-state index in [0.29, 0.717) is 38.2 Å². The van der Waals surface area contributed by atoms with E-state index in [2.05, 4.69) is 0 Å². The molecule has 0 aromatic heterocycles. The van der Waals surface area contributed by atoms with Gasteiger partial charge in [0.25, 0.3) is 0 Å². The Morgan fingerprint density at radius 2 is 1.96 bits per heavy atom. The van der Waals surface area contributed by atoms with E-state index in [0.717, 1.165) is 12.2 Å². The van der Waals surface area contributed by atoms with Crippen LogP contribution in [0.2, 0.25) is 0 Å². The lowest BCUT2D eigenvalue weighted by molar-refractivity contribution is -0.134. The van der Waals surface area contributed by atoms with E-state index in [1.54, 1.807) is 33.7 Å². The van der Waals surface area contributed by atoms with E-state index in [4.69, 9.17) is 5.73 Å². The molecule has 0 bridgehead atoms. The Labute approximate surface area is 152 Å². The molecule has 1 aliphatic rings. The molecular weight excluding hydrogens is 341 g/mol. The molecule has 2 amide bonds. The average molecular weight is 367 g/mol. The summed E-state index contributed by atoms with van der Waals surface area (Å²) < 4.78 is 13.2. The molecule has 5 nitrogen and oxygen atoms in total. The summed E-state index contributed by atoms with van der Waals surface area (Å²) in [5.41, 5.74) is 6.64. The first-order chi connectivity index (χ1) is 12.0. The van der Waals surface area contributed by atoms with Gasteiger partial charge in [-0.2, -0.15) is 11.8 Å². The number of hydrogen-bond acceptors (Lipinski definition) is 4. The highest BCUT2D eigenvalue weighted by atomic mass is 32.2. The maximum atomic E-state index is 13.2. The SMILES string of the molecule is CSCC[C@H](N)C(=O)N1CCCN(C(=O)Cc2cccc(F)c2)CC1. The Balaban J connectivity index is 1.87. The van der Waals surface area contributed by atoms with Crippen LogP contribution < -0.4 is 5.73 Å². The first kappa shape index (κ1) is 19.7. The van der Waals surface area contributed by atoms with Crippen molar-refractivity contribution in [3.05, 3.63) is 35.6 Å². The normalized spacial score (nSPS) is 16.4. The molecule has 1 saturated heterocycles. The van der Waals surface area contributed by atoms with Crippen molar-refractivity contribution in [1.82, 2.24) is 9.80 Å². The Morgan fingerprint density at radius 1 is 1.24 bits per heavy atom. The maximum Gasteiger partial charge on any atom is 0.239 e. The Hall–Kier alpha value is -1.60. The van der Waals surface area contributed by atoms with E-state index in [1.165, 1.54) is 12.1 Å². The van der Waals surface area contributed by atoms with E-state index in [-0.39, 0.29) is 24.1 Å². The van der Waals surface area contributed by atoms with E-state index >= 15 is 0 Å². The molecule has 0 radical (unpaired) electrons. The van der Waals surface area contributed by atoms with Gasteiger partial charge < -0.3 is 15.5 Å². The van der Waals surface area contributed by atoms with Crippen LogP contribution in [0.25, 0.3) is 0 Å². The zero-order valence-corrected chi connectivity index (χ0v) is 15.4. The van der Waals surface area contributed by atoms with Crippen LogP contribution in [0.5, 0.6) is 0 Å². The second kappa shape index (κ2) is 9.77. The Kier molecular flexibility index (Phi) is 7.71. The predicted molar refractivity (Wildman–Crippen MR) is 98.9 cm³/mol. The summed E-state index contributed by atoms with van der Waals surface area (Å²) in [5.74, 6) is 0.455. The minimum atomic E-state index is -0.470. The van der Waals surface area contributed by atoms with Gasteiger partial charge in [0.05, 0.1) is 12.5 Å². The van der Waals surface area contributed by atoms with E-state index in [9.17, 15) is 14.0 Å². The van der Waals surface area contributed by atoms with Crippen molar-refractivity contribution in [3.63, 3.8) is 0 Å². The number of amides is 2.